The van der Waals surface area contributed by atoms with Crippen LogP contribution in [0.1, 0.15) is 19.4 Å². The van der Waals surface area contributed by atoms with Crippen molar-refractivity contribution in [2.24, 2.45) is 0 Å². The number of nitrogens with zero attached hydrogens (tertiary/aromatic N) is 1. The fourth-order valence-corrected chi connectivity index (χ4v) is 4.29. The third kappa shape index (κ3) is 5.17. The molecule has 1 aliphatic rings. The SMILES string of the molecule is COc1ccccc1CNCCS(=O)(=O)N1C[C@@H](C)O[C@H](C)C1. The first-order valence-corrected chi connectivity index (χ1v) is 9.49. The maximum Gasteiger partial charge on any atom is 0.215 e. The first-order chi connectivity index (χ1) is 10.9. The van der Waals surface area contributed by atoms with Gasteiger partial charge in [-0.1, -0.05) is 18.2 Å². The van der Waals surface area contributed by atoms with E-state index in [9.17, 15) is 8.42 Å². The van der Waals surface area contributed by atoms with E-state index in [2.05, 4.69) is 5.32 Å². The summed E-state index contributed by atoms with van der Waals surface area (Å²) in [5.74, 6) is 0.889. The highest BCUT2D eigenvalue weighted by molar-refractivity contribution is 7.89. The van der Waals surface area contributed by atoms with Crippen LogP contribution in [0.25, 0.3) is 0 Å². The van der Waals surface area contributed by atoms with E-state index in [4.69, 9.17) is 9.47 Å². The molecule has 23 heavy (non-hydrogen) atoms. The van der Waals surface area contributed by atoms with Gasteiger partial charge in [0, 0.05) is 31.7 Å². The van der Waals surface area contributed by atoms with Crippen molar-refractivity contribution in [2.75, 3.05) is 32.5 Å². The minimum atomic E-state index is -3.26. The van der Waals surface area contributed by atoms with E-state index in [1.54, 1.807) is 7.11 Å². The Labute approximate surface area is 138 Å². The Kier molecular flexibility index (Phi) is 6.41. The first kappa shape index (κ1) is 18.2. The smallest absolute Gasteiger partial charge is 0.215 e. The van der Waals surface area contributed by atoms with E-state index in [1.165, 1.54) is 4.31 Å². The number of sulfonamides is 1. The number of hydrogen-bond donors (Lipinski definition) is 1. The summed E-state index contributed by atoms with van der Waals surface area (Å²) in [6.07, 6.45) is -0.120. The number of hydrogen-bond acceptors (Lipinski definition) is 5. The number of nitrogens with one attached hydrogen (secondary N) is 1. The van der Waals surface area contributed by atoms with Gasteiger partial charge in [-0.15, -0.1) is 0 Å². The van der Waals surface area contributed by atoms with Gasteiger partial charge in [-0.2, -0.15) is 4.31 Å². The Morgan fingerprint density at radius 3 is 2.57 bits per heavy atom. The maximum absolute atomic E-state index is 12.4. The van der Waals surface area contributed by atoms with E-state index >= 15 is 0 Å². The van der Waals surface area contributed by atoms with E-state index in [0.29, 0.717) is 26.2 Å². The summed E-state index contributed by atoms with van der Waals surface area (Å²) in [7, 11) is -1.63. The Morgan fingerprint density at radius 1 is 1.26 bits per heavy atom. The quantitative estimate of drug-likeness (QED) is 0.755. The van der Waals surface area contributed by atoms with Gasteiger partial charge in [0.2, 0.25) is 10.0 Å². The molecule has 0 bridgehead atoms. The van der Waals surface area contributed by atoms with Crippen molar-refractivity contribution in [3.63, 3.8) is 0 Å². The van der Waals surface area contributed by atoms with E-state index in [0.717, 1.165) is 11.3 Å². The maximum atomic E-state index is 12.4. The third-order valence-corrected chi connectivity index (χ3v) is 5.63. The summed E-state index contributed by atoms with van der Waals surface area (Å²) in [5, 5.41) is 3.18. The third-order valence-electron chi connectivity index (χ3n) is 3.82. The van der Waals surface area contributed by atoms with Crippen LogP contribution >= 0.6 is 0 Å². The van der Waals surface area contributed by atoms with Gasteiger partial charge in [-0.3, -0.25) is 0 Å². The monoisotopic (exact) mass is 342 g/mol. The van der Waals surface area contributed by atoms with Crippen molar-refractivity contribution >= 4 is 10.0 Å². The van der Waals surface area contributed by atoms with Gasteiger partial charge >= 0.3 is 0 Å². The van der Waals surface area contributed by atoms with Crippen molar-refractivity contribution in [3.8, 4) is 5.75 Å². The molecule has 2 rings (SSSR count). The number of morpholine rings is 1. The molecule has 0 aromatic heterocycles. The average Bonchev–Trinajstić information content (AvgIpc) is 2.51. The Bertz CT molecular complexity index is 596. The second-order valence-corrected chi connectivity index (χ2v) is 7.97. The van der Waals surface area contributed by atoms with Crippen molar-refractivity contribution in [3.05, 3.63) is 29.8 Å². The summed E-state index contributed by atoms with van der Waals surface area (Å²) < 4.78 is 37.2. The van der Waals surface area contributed by atoms with Crippen molar-refractivity contribution in [2.45, 2.75) is 32.6 Å². The molecule has 0 aliphatic carbocycles. The van der Waals surface area contributed by atoms with Gasteiger partial charge in [0.25, 0.3) is 0 Å². The predicted octanol–water partition coefficient (Wildman–Crippen LogP) is 1.22. The predicted molar refractivity (Wildman–Crippen MR) is 90.1 cm³/mol. The minimum Gasteiger partial charge on any atom is -0.496 e. The standard InChI is InChI=1S/C16H26N2O4S/c1-13-11-18(12-14(2)22-13)23(19,20)9-8-17-10-15-6-4-5-7-16(15)21-3/h4-7,13-14,17H,8-12H2,1-3H3/t13-,14-/m1/s1. The zero-order chi connectivity index (χ0) is 16.9. The number of methoxy groups -OCH3 is 1. The van der Waals surface area contributed by atoms with Crippen molar-refractivity contribution in [1.82, 2.24) is 9.62 Å². The zero-order valence-corrected chi connectivity index (χ0v) is 14.8. The lowest BCUT2D eigenvalue weighted by Gasteiger charge is -2.34. The molecule has 1 fully saturated rings. The van der Waals surface area contributed by atoms with E-state index in [1.807, 2.05) is 38.1 Å². The molecule has 0 radical (unpaired) electrons. The molecule has 0 spiro atoms. The topological polar surface area (TPSA) is 67.9 Å². The van der Waals surface area contributed by atoms with Crippen LogP contribution in [-0.2, 0) is 21.3 Å². The molecule has 2 atom stereocenters. The fourth-order valence-electron chi connectivity index (χ4n) is 2.76. The van der Waals surface area contributed by atoms with Crippen LogP contribution in [-0.4, -0.2) is 57.4 Å². The molecule has 1 heterocycles. The molecule has 0 saturated carbocycles. The largest absolute Gasteiger partial charge is 0.496 e. The van der Waals surface area contributed by atoms with Crippen LogP contribution in [0.15, 0.2) is 24.3 Å². The van der Waals surface area contributed by atoms with Gasteiger partial charge < -0.3 is 14.8 Å². The lowest BCUT2D eigenvalue weighted by molar-refractivity contribution is -0.0440. The van der Waals surface area contributed by atoms with Crippen LogP contribution in [0, 0.1) is 0 Å². The summed E-state index contributed by atoms with van der Waals surface area (Å²) in [4.78, 5) is 0. The number of benzene rings is 1. The van der Waals surface area contributed by atoms with E-state index < -0.39 is 10.0 Å². The molecule has 0 unspecified atom stereocenters. The number of para-hydroxylation sites is 1. The van der Waals surface area contributed by atoms with Crippen molar-refractivity contribution < 1.29 is 17.9 Å². The average molecular weight is 342 g/mol. The summed E-state index contributed by atoms with van der Waals surface area (Å²) in [5.41, 5.74) is 1.01. The van der Waals surface area contributed by atoms with Gasteiger partial charge in [0.1, 0.15) is 5.75 Å². The van der Waals surface area contributed by atoms with Gasteiger partial charge in [0.05, 0.1) is 25.1 Å². The summed E-state index contributed by atoms with van der Waals surface area (Å²) in [6.45, 7) is 5.64. The lowest BCUT2D eigenvalue weighted by Crippen LogP contribution is -2.49. The Balaban J connectivity index is 1.83. The Morgan fingerprint density at radius 2 is 1.91 bits per heavy atom. The molecule has 1 aliphatic heterocycles. The summed E-state index contributed by atoms with van der Waals surface area (Å²) in [6, 6.07) is 7.70. The molecule has 1 saturated heterocycles. The molecular formula is C16H26N2O4S. The van der Waals surface area contributed by atoms with Gasteiger partial charge in [0.15, 0.2) is 0 Å². The number of rotatable bonds is 7. The second kappa shape index (κ2) is 8.10. The highest BCUT2D eigenvalue weighted by atomic mass is 32.2. The van der Waals surface area contributed by atoms with Gasteiger partial charge in [-0.25, -0.2) is 8.42 Å². The normalized spacial score (nSPS) is 22.9. The minimum absolute atomic E-state index is 0.0601. The van der Waals surface area contributed by atoms with Crippen LogP contribution in [0.3, 0.4) is 0 Å². The molecule has 1 aromatic rings. The second-order valence-electron chi connectivity index (χ2n) is 5.88. The molecular weight excluding hydrogens is 316 g/mol. The molecule has 0 amide bonds. The van der Waals surface area contributed by atoms with Crippen LogP contribution in [0.4, 0.5) is 0 Å². The molecule has 1 N–H and O–H groups in total. The summed E-state index contributed by atoms with van der Waals surface area (Å²) >= 11 is 0. The molecule has 7 heteroatoms. The Hall–Kier alpha value is -1.15. The fraction of sp³-hybridized carbons (Fsp3) is 0.625. The lowest BCUT2D eigenvalue weighted by atomic mass is 10.2. The van der Waals surface area contributed by atoms with Crippen molar-refractivity contribution in [1.29, 1.82) is 0 Å². The van der Waals surface area contributed by atoms with Crippen LogP contribution in [0.2, 0.25) is 0 Å². The highest BCUT2D eigenvalue weighted by Gasteiger charge is 2.30. The molecule has 6 nitrogen and oxygen atoms in total. The molecule has 130 valence electrons. The van der Waals surface area contributed by atoms with E-state index in [-0.39, 0.29) is 18.0 Å². The highest BCUT2D eigenvalue weighted by Crippen LogP contribution is 2.17. The zero-order valence-electron chi connectivity index (χ0n) is 14.0. The first-order valence-electron chi connectivity index (χ1n) is 7.88. The van der Waals surface area contributed by atoms with Gasteiger partial charge in [-0.05, 0) is 19.9 Å². The number of ether oxygens (including phenoxy) is 2. The van der Waals surface area contributed by atoms with Crippen LogP contribution in [0.5, 0.6) is 5.75 Å². The van der Waals surface area contributed by atoms with Crippen LogP contribution < -0.4 is 10.1 Å². The molecule has 1 aromatic carbocycles.